The molecule has 0 aromatic heterocycles. The van der Waals surface area contributed by atoms with Crippen molar-refractivity contribution >= 4 is 10.4 Å². The maximum atomic E-state index is 8.58. The number of rotatable bonds is 0. The Hall–Kier alpha value is 0.482. The van der Waals surface area contributed by atoms with Crippen molar-refractivity contribution in [3.63, 3.8) is 0 Å². The summed E-state index contributed by atoms with van der Waals surface area (Å²) in [6.07, 6.45) is 0. The molecule has 0 heterocycles. The summed E-state index contributed by atoms with van der Waals surface area (Å²) in [4.78, 5) is 0. The maximum absolute atomic E-state index is 8.58. The molecule has 0 rings (SSSR count). The van der Waals surface area contributed by atoms with Crippen molar-refractivity contribution in [2.24, 2.45) is 0 Å². The minimum absolute atomic E-state index is 0. The van der Waals surface area contributed by atoms with Gasteiger partial charge in [-0.2, -0.15) is 0 Å². The zero-order valence-corrected chi connectivity index (χ0v) is 8.84. The van der Waals surface area contributed by atoms with Gasteiger partial charge in [-0.1, -0.05) is 0 Å². The normalized spacial score (nSPS) is 7.33. The molecule has 0 amide bonds. The molecule has 0 fully saturated rings. The molecule has 0 atom stereocenters. The quantitative estimate of drug-likeness (QED) is 0.336. The second-order valence-electron chi connectivity index (χ2n) is 0.492. The Balaban J connectivity index is -0.0000000800. The topological polar surface area (TPSA) is 146 Å². The van der Waals surface area contributed by atoms with Gasteiger partial charge in [0.1, 0.15) is 0 Å². The molecule has 0 saturated heterocycles. The molecule has 0 aromatic rings. The summed E-state index contributed by atoms with van der Waals surface area (Å²) in [6, 6.07) is 0. The molecule has 7 nitrogen and oxygen atoms in total. The molecule has 2 N–H and O–H groups in total. The monoisotopic (exact) mass is 384 g/mol. The van der Waals surface area contributed by atoms with Crippen LogP contribution in [0.5, 0.6) is 0 Å². The minimum atomic E-state index is -5.17. The second kappa shape index (κ2) is 8.48. The van der Waals surface area contributed by atoms with Gasteiger partial charge in [0.05, 0.1) is 0 Å². The molecule has 0 unspecified atom stereocenters. The fourth-order valence-corrected chi connectivity index (χ4v) is 0. The van der Waals surface area contributed by atoms with Gasteiger partial charge in [0.15, 0.2) is 0 Å². The average molecular weight is 384 g/mol. The van der Waals surface area contributed by atoms with E-state index >= 15 is 0 Å². The van der Waals surface area contributed by atoms with Crippen LogP contribution in [-0.4, -0.2) is 23.0 Å². The number of hydrogen-bond donors (Lipinski definition) is 0. The predicted molar refractivity (Wildman–Crippen MR) is 15.5 cm³/mol. The van der Waals surface area contributed by atoms with Crippen molar-refractivity contribution < 1.29 is 55.3 Å². The molecular weight excluding hydrogens is 382 g/mol. The van der Waals surface area contributed by atoms with E-state index in [1.165, 1.54) is 0 Å². The van der Waals surface area contributed by atoms with E-state index in [0.29, 0.717) is 0 Å². The van der Waals surface area contributed by atoms with Crippen LogP contribution in [0.2, 0.25) is 0 Å². The zero-order valence-electron chi connectivity index (χ0n) is 3.86. The first-order valence-electron chi connectivity index (χ1n) is 1.07. The van der Waals surface area contributed by atoms with Crippen molar-refractivity contribution in [1.82, 2.24) is 0 Å². The van der Waals surface area contributed by atoms with Crippen molar-refractivity contribution in [2.75, 3.05) is 0 Å². The van der Waals surface area contributed by atoms with Crippen LogP contribution in [0.4, 0.5) is 0 Å². The van der Waals surface area contributed by atoms with Gasteiger partial charge < -0.3 is 14.6 Å². The second-order valence-corrected chi connectivity index (χ2v) is 2.00. The Morgan fingerprint density at radius 1 is 1.11 bits per heavy atom. The predicted octanol–water partition coefficient (Wildman–Crippen LogP) is -2.40. The van der Waals surface area contributed by atoms with Gasteiger partial charge in [-0.3, -0.25) is 8.42 Å². The van der Waals surface area contributed by atoms with E-state index in [4.69, 9.17) is 22.0 Å². The van der Waals surface area contributed by atoms with Gasteiger partial charge in [0.25, 0.3) is 0 Å². The van der Waals surface area contributed by atoms with Crippen LogP contribution in [0.1, 0.15) is 0 Å². The van der Waals surface area contributed by atoms with Gasteiger partial charge >= 0.3 is 32.3 Å². The van der Waals surface area contributed by atoms with Crippen LogP contribution >= 0.6 is 0 Å². The summed E-state index contributed by atoms with van der Waals surface area (Å²) in [6.45, 7) is 0. The van der Waals surface area contributed by atoms with E-state index in [-0.39, 0.29) is 5.48 Å². The summed E-state index contributed by atoms with van der Waals surface area (Å²) < 4.78 is 51.3. The van der Waals surface area contributed by atoms with Gasteiger partial charge in [-0.15, -0.1) is 0 Å². The van der Waals surface area contributed by atoms with Crippen LogP contribution in [0.25, 0.3) is 0 Å². The van der Waals surface area contributed by atoms with Crippen LogP contribution in [0, 0.1) is 27.8 Å². The molecular formula is H2O7SU. The molecule has 0 radical (unpaired) electrons. The Labute approximate surface area is 65.6 Å². The summed E-state index contributed by atoms with van der Waals surface area (Å²) >= 11 is -2.51. The summed E-state index contributed by atoms with van der Waals surface area (Å²) in [5.41, 5.74) is 0. The van der Waals surface area contributed by atoms with Crippen molar-refractivity contribution in [3.05, 3.63) is 0 Å². The fraction of sp³-hybridized carbons (Fsp3) is 0. The SMILES string of the molecule is O.O=S(=O)([O-])[O-].[O]=[U+2]=[O]. The van der Waals surface area contributed by atoms with Gasteiger partial charge in [0.2, 0.25) is 0 Å². The molecule has 0 saturated carbocycles. The Kier molecular flexibility index (Phi) is 15.3. The van der Waals surface area contributed by atoms with Crippen molar-refractivity contribution in [2.45, 2.75) is 0 Å². The number of hydrogen-bond acceptors (Lipinski definition) is 6. The van der Waals surface area contributed by atoms with Gasteiger partial charge in [-0.05, 0) is 0 Å². The van der Waals surface area contributed by atoms with E-state index in [2.05, 4.69) is 0 Å². The third-order valence-corrected chi connectivity index (χ3v) is 0. The Bertz CT molecular complexity index is 149. The van der Waals surface area contributed by atoms with Crippen LogP contribution in [0.15, 0.2) is 0 Å². The molecule has 0 aliphatic heterocycles. The molecule has 9 heavy (non-hydrogen) atoms. The van der Waals surface area contributed by atoms with Crippen molar-refractivity contribution in [3.8, 4) is 0 Å². The first-order valence-corrected chi connectivity index (χ1v) is 5.81. The zero-order chi connectivity index (χ0) is 7.21. The van der Waals surface area contributed by atoms with Crippen molar-refractivity contribution in [1.29, 1.82) is 0 Å². The molecule has 0 bridgehead atoms. The molecule has 0 aliphatic rings. The first-order chi connectivity index (χ1) is 3.41. The first kappa shape index (κ1) is 16.2. The van der Waals surface area contributed by atoms with Crippen LogP contribution in [0.3, 0.4) is 0 Å². The fourth-order valence-electron chi connectivity index (χ4n) is 0. The molecule has 0 aliphatic carbocycles. The standard InChI is InChI=1S/H2O4S.H2O.2O.U/c1-5(2,3)4;;;;/h(H2,1,2,3,4);1H2;;;/q;;;;+2/p-2. The van der Waals surface area contributed by atoms with Gasteiger partial charge in [0, 0.05) is 10.4 Å². The Morgan fingerprint density at radius 3 is 1.11 bits per heavy atom. The molecule has 0 spiro atoms. The van der Waals surface area contributed by atoms with E-state index in [1.54, 1.807) is 0 Å². The van der Waals surface area contributed by atoms with Crippen LogP contribution < -0.4 is 0 Å². The summed E-state index contributed by atoms with van der Waals surface area (Å²) in [5, 5.41) is 0. The Morgan fingerprint density at radius 2 is 1.11 bits per heavy atom. The third kappa shape index (κ3) is 1530. The summed E-state index contributed by atoms with van der Waals surface area (Å²) in [5.74, 6) is 0. The molecule has 54 valence electrons. The van der Waals surface area contributed by atoms with E-state index in [0.717, 1.165) is 0 Å². The van der Waals surface area contributed by atoms with Gasteiger partial charge in [-0.25, -0.2) is 0 Å². The van der Waals surface area contributed by atoms with E-state index in [1.807, 2.05) is 0 Å². The van der Waals surface area contributed by atoms with Crippen LogP contribution in [-0.2, 0) is 14.9 Å². The average Bonchev–Trinajstić information content (AvgIpc) is 1.27. The third-order valence-electron chi connectivity index (χ3n) is 0. The molecule has 9 heteroatoms. The van der Waals surface area contributed by atoms with E-state index < -0.39 is 38.2 Å². The molecule has 0 aromatic carbocycles. The van der Waals surface area contributed by atoms with E-state index in [9.17, 15) is 0 Å². The summed E-state index contributed by atoms with van der Waals surface area (Å²) in [7, 11) is -5.17.